The summed E-state index contributed by atoms with van der Waals surface area (Å²) in [6.45, 7) is -1.53. The second kappa shape index (κ2) is 12.3. The first-order valence-corrected chi connectivity index (χ1v) is 13.2. The van der Waals surface area contributed by atoms with Gasteiger partial charge in [-0.1, -0.05) is 0 Å². The number of aromatic hydroxyl groups is 3. The van der Waals surface area contributed by atoms with Crippen LogP contribution in [0.15, 0.2) is 39.5 Å². The summed E-state index contributed by atoms with van der Waals surface area (Å²) in [7, 11) is 0. The molecule has 0 saturated carbocycles. The molecule has 0 bridgehead atoms. The Morgan fingerprint density at radius 3 is 1.77 bits per heavy atom. The first-order chi connectivity index (χ1) is 20.9. The largest absolute Gasteiger partial charge is 0.507 e. The van der Waals surface area contributed by atoms with Crippen molar-refractivity contribution in [2.45, 2.75) is 61.4 Å². The molecule has 0 amide bonds. The van der Waals surface area contributed by atoms with Gasteiger partial charge in [-0.3, -0.25) is 4.79 Å². The number of phenols is 3. The van der Waals surface area contributed by atoms with Crippen molar-refractivity contribution in [3.05, 3.63) is 40.6 Å². The number of hydrogen-bond donors (Lipinski definition) is 11. The lowest BCUT2D eigenvalue weighted by atomic mass is 9.99. The van der Waals surface area contributed by atoms with E-state index in [4.69, 9.17) is 23.4 Å². The molecule has 240 valence electrons. The summed E-state index contributed by atoms with van der Waals surface area (Å²) >= 11 is 0. The maximum absolute atomic E-state index is 13.7. The van der Waals surface area contributed by atoms with Crippen molar-refractivity contribution in [1.82, 2.24) is 0 Å². The number of ether oxygens (including phenoxy) is 4. The van der Waals surface area contributed by atoms with Crippen LogP contribution in [0.5, 0.6) is 28.7 Å². The van der Waals surface area contributed by atoms with Gasteiger partial charge >= 0.3 is 0 Å². The molecular weight excluding hydrogens is 596 g/mol. The minimum Gasteiger partial charge on any atom is -0.507 e. The summed E-state index contributed by atoms with van der Waals surface area (Å²) in [4.78, 5) is 13.7. The first kappa shape index (κ1) is 31.7. The van der Waals surface area contributed by atoms with E-state index in [-0.39, 0.29) is 16.9 Å². The number of benzene rings is 2. The third kappa shape index (κ3) is 5.61. The Bertz CT molecular complexity index is 1550. The zero-order valence-corrected chi connectivity index (χ0v) is 22.4. The molecule has 44 heavy (non-hydrogen) atoms. The van der Waals surface area contributed by atoms with Crippen molar-refractivity contribution in [2.75, 3.05) is 13.2 Å². The number of phenolic OH excluding ortho intramolecular Hbond substituents is 3. The van der Waals surface area contributed by atoms with Gasteiger partial charge in [0.25, 0.3) is 0 Å². The third-order valence-electron chi connectivity index (χ3n) is 7.33. The minimum absolute atomic E-state index is 0.0707. The van der Waals surface area contributed by atoms with Gasteiger partial charge in [-0.25, -0.2) is 0 Å². The average Bonchev–Trinajstić information content (AvgIpc) is 2.99. The van der Waals surface area contributed by atoms with Crippen LogP contribution in [0.1, 0.15) is 0 Å². The Morgan fingerprint density at radius 1 is 0.659 bits per heavy atom. The van der Waals surface area contributed by atoms with Crippen LogP contribution in [0.2, 0.25) is 0 Å². The van der Waals surface area contributed by atoms with Gasteiger partial charge in [0.2, 0.25) is 23.8 Å². The fourth-order valence-electron chi connectivity index (χ4n) is 4.87. The Kier molecular flexibility index (Phi) is 8.87. The number of rotatable bonds is 7. The van der Waals surface area contributed by atoms with Crippen LogP contribution in [0.4, 0.5) is 0 Å². The summed E-state index contributed by atoms with van der Waals surface area (Å²) in [6.07, 6.45) is -17.0. The molecule has 10 atom stereocenters. The van der Waals surface area contributed by atoms with E-state index in [2.05, 4.69) is 0 Å². The highest BCUT2D eigenvalue weighted by Crippen LogP contribution is 2.40. The summed E-state index contributed by atoms with van der Waals surface area (Å²) in [5, 5.41) is 110. The molecule has 3 aromatic rings. The maximum Gasteiger partial charge on any atom is 0.239 e. The summed E-state index contributed by atoms with van der Waals surface area (Å²) in [5.41, 5.74) is -1.50. The summed E-state index contributed by atoms with van der Waals surface area (Å²) < 4.78 is 27.6. The molecule has 3 heterocycles. The van der Waals surface area contributed by atoms with Crippen molar-refractivity contribution in [3.8, 4) is 40.1 Å². The monoisotopic (exact) mass is 626 g/mol. The van der Waals surface area contributed by atoms with E-state index in [0.29, 0.717) is 0 Å². The fourth-order valence-corrected chi connectivity index (χ4v) is 4.87. The average molecular weight is 627 g/mol. The molecule has 17 heteroatoms. The van der Waals surface area contributed by atoms with E-state index in [9.17, 15) is 61.0 Å². The van der Waals surface area contributed by atoms with Crippen molar-refractivity contribution in [2.24, 2.45) is 0 Å². The Balaban J connectivity index is 1.60. The number of hydrogen-bond acceptors (Lipinski definition) is 17. The van der Waals surface area contributed by atoms with Gasteiger partial charge in [-0.15, -0.1) is 0 Å². The van der Waals surface area contributed by atoms with E-state index < -0.39 is 114 Å². The molecule has 5 rings (SSSR count). The Hall–Kier alpha value is -3.75. The zero-order chi connectivity index (χ0) is 32.0. The van der Waals surface area contributed by atoms with Crippen LogP contribution in [-0.4, -0.2) is 131 Å². The molecule has 0 radical (unpaired) electrons. The molecule has 0 unspecified atom stereocenters. The van der Waals surface area contributed by atoms with Crippen molar-refractivity contribution in [1.29, 1.82) is 0 Å². The minimum atomic E-state index is -1.94. The lowest BCUT2D eigenvalue weighted by molar-refractivity contribution is -0.277. The first-order valence-electron chi connectivity index (χ1n) is 13.2. The Labute approximate surface area is 246 Å². The van der Waals surface area contributed by atoms with Crippen LogP contribution >= 0.6 is 0 Å². The summed E-state index contributed by atoms with van der Waals surface area (Å²) in [5.74, 6) is -3.35. The molecular formula is C27H30O17. The topological polar surface area (TPSA) is 290 Å². The smallest absolute Gasteiger partial charge is 0.239 e. The highest BCUT2D eigenvalue weighted by Gasteiger charge is 2.46. The van der Waals surface area contributed by atoms with E-state index >= 15 is 0 Å². The number of aliphatic hydroxyl groups is 8. The predicted molar refractivity (Wildman–Crippen MR) is 142 cm³/mol. The molecule has 1 aromatic heterocycles. The Morgan fingerprint density at radius 2 is 1.23 bits per heavy atom. The zero-order valence-electron chi connectivity index (χ0n) is 22.4. The van der Waals surface area contributed by atoms with E-state index in [1.807, 2.05) is 0 Å². The molecule has 17 nitrogen and oxygen atoms in total. The lowest BCUT2D eigenvalue weighted by Gasteiger charge is -2.39. The standard InChI is InChI=1S/C27H30O17/c28-6-14-17(33)20(36)22(38)26(42-14)40-9-4-12(32)16-13(5-9)41-24(8-1-2-10(30)11(31)3-8)25(19(16)35)44-27-23(39)21(37)18(34)15(7-29)43-27/h1-5,14-15,17-18,20-23,26-34,36-39H,6-7H2/t14-,15-,17+,18-,20+,21+,22-,23-,26+,27+/m1/s1. The van der Waals surface area contributed by atoms with Crippen LogP contribution in [0, 0.1) is 0 Å². The van der Waals surface area contributed by atoms with Crippen LogP contribution < -0.4 is 14.9 Å². The summed E-state index contributed by atoms with van der Waals surface area (Å²) in [6, 6.07) is 5.27. The molecule has 2 aliphatic heterocycles. The molecule has 2 fully saturated rings. The maximum atomic E-state index is 13.7. The molecule has 0 spiro atoms. The quantitative estimate of drug-likeness (QED) is 0.116. The van der Waals surface area contributed by atoms with Crippen LogP contribution in [0.25, 0.3) is 22.3 Å². The van der Waals surface area contributed by atoms with Gasteiger partial charge in [0.15, 0.2) is 17.3 Å². The molecule has 2 aromatic carbocycles. The molecule has 0 aliphatic carbocycles. The van der Waals surface area contributed by atoms with Gasteiger partial charge in [0.05, 0.1) is 13.2 Å². The van der Waals surface area contributed by atoms with Crippen molar-refractivity contribution >= 4 is 11.0 Å². The number of aliphatic hydroxyl groups excluding tert-OH is 8. The van der Waals surface area contributed by atoms with Crippen molar-refractivity contribution in [3.63, 3.8) is 0 Å². The SMILES string of the molecule is O=c1c(O[C@@H]2O[C@H](CO)[C@@H](O)[C@H](O)[C@H]2O)c(-c2ccc(O)c(O)c2)oc2cc(O[C@H]3O[C@H](CO)[C@H](O)[C@H](O)[C@H]3O)cc(O)c12. The third-order valence-corrected chi connectivity index (χ3v) is 7.33. The highest BCUT2D eigenvalue weighted by molar-refractivity contribution is 5.88. The van der Waals surface area contributed by atoms with Gasteiger partial charge in [-0.2, -0.15) is 0 Å². The second-order valence-electron chi connectivity index (χ2n) is 10.2. The van der Waals surface area contributed by atoms with Gasteiger partial charge in [-0.05, 0) is 18.2 Å². The normalized spacial score (nSPS) is 32.5. The lowest BCUT2D eigenvalue weighted by Crippen LogP contribution is -2.60. The molecule has 2 aliphatic rings. The van der Waals surface area contributed by atoms with E-state index in [0.717, 1.165) is 24.3 Å². The van der Waals surface area contributed by atoms with E-state index in [1.54, 1.807) is 0 Å². The number of fused-ring (bicyclic) bond motifs is 1. The van der Waals surface area contributed by atoms with Crippen LogP contribution in [-0.2, 0) is 9.47 Å². The van der Waals surface area contributed by atoms with Crippen molar-refractivity contribution < 1.29 is 79.5 Å². The van der Waals surface area contributed by atoms with Gasteiger partial charge in [0, 0.05) is 17.7 Å². The highest BCUT2D eigenvalue weighted by atomic mass is 16.7. The van der Waals surface area contributed by atoms with E-state index in [1.165, 1.54) is 6.07 Å². The van der Waals surface area contributed by atoms with Gasteiger partial charge in [0.1, 0.15) is 71.3 Å². The van der Waals surface area contributed by atoms with Gasteiger partial charge < -0.3 is 79.5 Å². The van der Waals surface area contributed by atoms with Crippen LogP contribution in [0.3, 0.4) is 0 Å². The predicted octanol–water partition coefficient (Wildman–Crippen LogP) is -3.07. The molecule has 2 saturated heterocycles. The fraction of sp³-hybridized carbons (Fsp3) is 0.444. The second-order valence-corrected chi connectivity index (χ2v) is 10.2. The molecule has 11 N–H and O–H groups in total.